The summed E-state index contributed by atoms with van der Waals surface area (Å²) >= 11 is 3.54. The van der Waals surface area contributed by atoms with Crippen LogP contribution in [0.2, 0.25) is 0 Å². The average molecular weight is 536 g/mol. The number of rotatable bonds is 7. The molecule has 35 heavy (non-hydrogen) atoms. The van der Waals surface area contributed by atoms with E-state index >= 15 is 0 Å². The van der Waals surface area contributed by atoms with Gasteiger partial charge in [0.25, 0.3) is 0 Å². The van der Waals surface area contributed by atoms with E-state index in [1.807, 2.05) is 51.1 Å². The second-order valence-corrected chi connectivity index (χ2v) is 10.4. The predicted molar refractivity (Wildman–Crippen MR) is 142 cm³/mol. The highest BCUT2D eigenvalue weighted by molar-refractivity contribution is 9.10. The molecule has 0 saturated carbocycles. The van der Waals surface area contributed by atoms with Gasteiger partial charge in [-0.05, 0) is 66.4 Å². The molecule has 7 heteroatoms. The lowest BCUT2D eigenvalue weighted by Gasteiger charge is -2.19. The van der Waals surface area contributed by atoms with Crippen molar-refractivity contribution in [3.63, 3.8) is 0 Å². The largest absolute Gasteiger partial charge is 0.514 e. The number of halogens is 1. The number of hydrogen-bond donors (Lipinski definition) is 0. The van der Waals surface area contributed by atoms with Crippen molar-refractivity contribution in [3.05, 3.63) is 76.7 Å². The summed E-state index contributed by atoms with van der Waals surface area (Å²) in [5.74, 6) is 1.51. The predicted octanol–water partition coefficient (Wildman–Crippen LogP) is 7.57. The number of unbranched alkanes of at least 4 members (excludes halogenated alkanes) is 1. The molecule has 4 rings (SSSR count). The van der Waals surface area contributed by atoms with Gasteiger partial charge in [-0.3, -0.25) is 0 Å². The highest BCUT2D eigenvalue weighted by atomic mass is 79.9. The molecule has 0 aliphatic carbocycles. The molecule has 4 aromatic rings. The van der Waals surface area contributed by atoms with Crippen LogP contribution in [-0.4, -0.2) is 26.3 Å². The van der Waals surface area contributed by atoms with E-state index in [0.717, 1.165) is 57.4 Å². The molecule has 0 amide bonds. The lowest BCUT2D eigenvalue weighted by molar-refractivity contribution is 0.0207. The fourth-order valence-corrected chi connectivity index (χ4v) is 4.18. The Kier molecular flexibility index (Phi) is 7.55. The van der Waals surface area contributed by atoms with Crippen molar-refractivity contribution in [2.75, 3.05) is 0 Å². The van der Waals surface area contributed by atoms with Gasteiger partial charge < -0.3 is 14.0 Å². The third-order valence-electron chi connectivity index (χ3n) is 5.48. The van der Waals surface area contributed by atoms with Gasteiger partial charge in [0.05, 0.1) is 5.52 Å². The minimum atomic E-state index is -0.715. The second kappa shape index (κ2) is 10.6. The van der Waals surface area contributed by atoms with Crippen LogP contribution in [0.1, 0.15) is 51.9 Å². The number of ether oxygens (including phenoxy) is 2. The van der Waals surface area contributed by atoms with Crippen molar-refractivity contribution in [3.8, 4) is 16.9 Å². The number of aryl methyl sites for hydroxylation is 1. The zero-order valence-electron chi connectivity index (χ0n) is 20.5. The maximum absolute atomic E-state index is 12.2. The number of carbonyl (C=O) groups excluding carboxylic acids is 1. The molecule has 0 fully saturated rings. The maximum Gasteiger partial charge on any atom is 0.514 e. The SMILES string of the molecule is CCCCc1nc2ncc(Br)cc2n1Cc1ccc(-c2ccccc2OC(=O)OC(C)(C)C)cc1. The number of para-hydroxylation sites is 1. The average Bonchev–Trinajstić information content (AvgIpc) is 3.14. The fourth-order valence-electron chi connectivity index (χ4n) is 3.86. The van der Waals surface area contributed by atoms with E-state index in [1.54, 1.807) is 12.3 Å². The molecule has 0 saturated heterocycles. The quantitative estimate of drug-likeness (QED) is 0.180. The summed E-state index contributed by atoms with van der Waals surface area (Å²) < 4.78 is 14.0. The van der Waals surface area contributed by atoms with Crippen molar-refractivity contribution in [1.29, 1.82) is 0 Å². The van der Waals surface area contributed by atoms with E-state index in [0.29, 0.717) is 12.3 Å². The first-order chi connectivity index (χ1) is 16.7. The van der Waals surface area contributed by atoms with Crippen LogP contribution in [-0.2, 0) is 17.7 Å². The lowest BCUT2D eigenvalue weighted by Crippen LogP contribution is -2.26. The molecule has 182 valence electrons. The van der Waals surface area contributed by atoms with Crippen LogP contribution in [0.25, 0.3) is 22.3 Å². The Morgan fingerprint density at radius 1 is 1.09 bits per heavy atom. The van der Waals surface area contributed by atoms with Crippen molar-refractivity contribution < 1.29 is 14.3 Å². The molecule has 0 unspecified atom stereocenters. The van der Waals surface area contributed by atoms with Gasteiger partial charge in [-0.25, -0.2) is 14.8 Å². The Bertz CT molecular complexity index is 1320. The summed E-state index contributed by atoms with van der Waals surface area (Å²) in [6.45, 7) is 8.31. The summed E-state index contributed by atoms with van der Waals surface area (Å²) in [6, 6.07) is 17.8. The Morgan fingerprint density at radius 2 is 1.83 bits per heavy atom. The van der Waals surface area contributed by atoms with Crippen LogP contribution in [0, 0.1) is 0 Å². The number of hydrogen-bond acceptors (Lipinski definition) is 5. The Balaban J connectivity index is 1.59. The number of fused-ring (bicyclic) bond motifs is 1. The molecule has 0 spiro atoms. The van der Waals surface area contributed by atoms with Crippen molar-refractivity contribution >= 4 is 33.2 Å². The Morgan fingerprint density at radius 3 is 2.54 bits per heavy atom. The maximum atomic E-state index is 12.2. The van der Waals surface area contributed by atoms with Crippen LogP contribution in [0.4, 0.5) is 4.79 Å². The molecule has 6 nitrogen and oxygen atoms in total. The normalized spacial score (nSPS) is 11.6. The van der Waals surface area contributed by atoms with Crippen LogP contribution < -0.4 is 4.74 Å². The molecule has 2 heterocycles. The van der Waals surface area contributed by atoms with Crippen molar-refractivity contribution in [2.45, 2.75) is 59.1 Å². The van der Waals surface area contributed by atoms with E-state index in [-0.39, 0.29) is 0 Å². The van der Waals surface area contributed by atoms with E-state index in [9.17, 15) is 4.79 Å². The zero-order valence-corrected chi connectivity index (χ0v) is 22.1. The molecule has 0 radical (unpaired) electrons. The number of nitrogens with zero attached hydrogens (tertiary/aromatic N) is 3. The number of aromatic nitrogens is 3. The first kappa shape index (κ1) is 24.9. The molecule has 0 bridgehead atoms. The van der Waals surface area contributed by atoms with Crippen LogP contribution in [0.15, 0.2) is 65.3 Å². The summed E-state index contributed by atoms with van der Waals surface area (Å²) in [6.07, 6.45) is 4.18. The molecular weight excluding hydrogens is 506 g/mol. The molecule has 0 aliphatic rings. The molecular formula is C28H30BrN3O3. The summed E-state index contributed by atoms with van der Waals surface area (Å²) in [5.41, 5.74) is 4.10. The van der Waals surface area contributed by atoms with Gasteiger partial charge in [-0.15, -0.1) is 0 Å². The molecule has 0 atom stereocenters. The smallest absolute Gasteiger partial charge is 0.428 e. The Hall–Kier alpha value is -3.19. The number of pyridine rings is 1. The van der Waals surface area contributed by atoms with Crippen molar-refractivity contribution in [1.82, 2.24) is 14.5 Å². The minimum Gasteiger partial charge on any atom is -0.428 e. The van der Waals surface area contributed by atoms with Crippen LogP contribution in [0.3, 0.4) is 0 Å². The van der Waals surface area contributed by atoms with Crippen LogP contribution in [0.5, 0.6) is 5.75 Å². The monoisotopic (exact) mass is 535 g/mol. The molecule has 2 aromatic carbocycles. The molecule has 0 aliphatic heterocycles. The van der Waals surface area contributed by atoms with Crippen molar-refractivity contribution in [2.24, 2.45) is 0 Å². The fraction of sp³-hybridized carbons (Fsp3) is 0.321. The highest BCUT2D eigenvalue weighted by Crippen LogP contribution is 2.31. The highest BCUT2D eigenvalue weighted by Gasteiger charge is 2.19. The van der Waals surface area contributed by atoms with E-state index in [2.05, 4.69) is 50.6 Å². The topological polar surface area (TPSA) is 66.2 Å². The number of imidazole rings is 1. The first-order valence-electron chi connectivity index (χ1n) is 11.8. The zero-order chi connectivity index (χ0) is 25.0. The van der Waals surface area contributed by atoms with E-state index in [1.165, 1.54) is 0 Å². The number of benzene rings is 2. The third-order valence-corrected chi connectivity index (χ3v) is 5.91. The molecule has 0 N–H and O–H groups in total. The minimum absolute atomic E-state index is 0.466. The van der Waals surface area contributed by atoms with Gasteiger partial charge in [-0.1, -0.05) is 55.8 Å². The van der Waals surface area contributed by atoms with Gasteiger partial charge in [-0.2, -0.15) is 0 Å². The van der Waals surface area contributed by atoms with Crippen LogP contribution >= 0.6 is 15.9 Å². The molecule has 2 aromatic heterocycles. The van der Waals surface area contributed by atoms with Gasteiger partial charge in [0.2, 0.25) is 0 Å². The second-order valence-electron chi connectivity index (χ2n) is 9.47. The number of carbonyl (C=O) groups is 1. The van der Waals surface area contributed by atoms with Gasteiger partial charge >= 0.3 is 6.16 Å². The van der Waals surface area contributed by atoms with Gasteiger partial charge in [0.1, 0.15) is 17.2 Å². The lowest BCUT2D eigenvalue weighted by atomic mass is 10.0. The summed E-state index contributed by atoms with van der Waals surface area (Å²) in [4.78, 5) is 21.5. The first-order valence-corrected chi connectivity index (χ1v) is 12.6. The van der Waals surface area contributed by atoms with Gasteiger partial charge in [0, 0.05) is 29.2 Å². The van der Waals surface area contributed by atoms with E-state index in [4.69, 9.17) is 14.5 Å². The summed E-state index contributed by atoms with van der Waals surface area (Å²) in [7, 11) is 0. The summed E-state index contributed by atoms with van der Waals surface area (Å²) in [5, 5.41) is 0. The van der Waals surface area contributed by atoms with E-state index < -0.39 is 11.8 Å². The Labute approximate surface area is 214 Å². The third kappa shape index (κ3) is 6.28. The van der Waals surface area contributed by atoms with Gasteiger partial charge in [0.15, 0.2) is 5.65 Å². The standard InChI is InChI=1S/C28H30BrN3O3/c1-5-6-11-25-31-26-23(16-21(29)17-30-26)32(25)18-19-12-14-20(15-13-19)22-9-7-8-10-24(22)34-27(33)35-28(2,3)4/h7-10,12-17H,5-6,11,18H2,1-4H3.